The lowest BCUT2D eigenvalue weighted by molar-refractivity contribution is 0.355. The van der Waals surface area contributed by atoms with Gasteiger partial charge in [0.15, 0.2) is 17.1 Å². The van der Waals surface area contributed by atoms with Gasteiger partial charge >= 0.3 is 5.76 Å². The van der Waals surface area contributed by atoms with E-state index in [-0.39, 0.29) is 5.76 Å². The maximum Gasteiger partial charge on any atom is 0.419 e. The molecule has 2 aromatic carbocycles. The zero-order valence-corrected chi connectivity index (χ0v) is 13.2. The van der Waals surface area contributed by atoms with Gasteiger partial charge in [-0.1, -0.05) is 30.4 Å². The Hall–Kier alpha value is -2.95. The first-order valence-electron chi connectivity index (χ1n) is 7.12. The third-order valence-corrected chi connectivity index (χ3v) is 3.70. The average molecular weight is 311 g/mol. The summed E-state index contributed by atoms with van der Waals surface area (Å²) >= 11 is 0. The molecule has 0 fully saturated rings. The predicted molar refractivity (Wildman–Crippen MR) is 89.9 cm³/mol. The number of fused-ring (bicyclic) bond motifs is 1. The van der Waals surface area contributed by atoms with Gasteiger partial charge in [-0.05, 0) is 23.8 Å². The molecule has 23 heavy (non-hydrogen) atoms. The lowest BCUT2D eigenvalue weighted by Gasteiger charge is -2.07. The number of hydrogen-bond donors (Lipinski definition) is 0. The van der Waals surface area contributed by atoms with Gasteiger partial charge in [-0.25, -0.2) is 4.79 Å². The number of hydrogen-bond acceptors (Lipinski definition) is 4. The van der Waals surface area contributed by atoms with E-state index >= 15 is 0 Å². The molecule has 0 amide bonds. The number of ether oxygens (including phenoxy) is 2. The van der Waals surface area contributed by atoms with E-state index in [1.54, 1.807) is 27.3 Å². The van der Waals surface area contributed by atoms with Crippen LogP contribution in [-0.4, -0.2) is 18.8 Å². The van der Waals surface area contributed by atoms with Gasteiger partial charge in [0.05, 0.1) is 19.7 Å². The maximum absolute atomic E-state index is 11.7. The SMILES string of the molecule is COc1ccc(/C=C/c2cccc3oc(=O)n(C)c23)cc1OC. The molecule has 1 aromatic heterocycles. The number of methoxy groups -OCH3 is 2. The second-order valence-corrected chi connectivity index (χ2v) is 5.07. The van der Waals surface area contributed by atoms with Gasteiger partial charge in [0, 0.05) is 12.6 Å². The summed E-state index contributed by atoms with van der Waals surface area (Å²) in [5, 5.41) is 0. The molecule has 3 rings (SSSR count). The molecule has 0 unspecified atom stereocenters. The summed E-state index contributed by atoms with van der Waals surface area (Å²) < 4.78 is 17.2. The summed E-state index contributed by atoms with van der Waals surface area (Å²) in [4.78, 5) is 11.7. The molecule has 3 aromatic rings. The highest BCUT2D eigenvalue weighted by Crippen LogP contribution is 2.28. The second-order valence-electron chi connectivity index (χ2n) is 5.07. The summed E-state index contributed by atoms with van der Waals surface area (Å²) in [6.07, 6.45) is 3.90. The zero-order valence-electron chi connectivity index (χ0n) is 13.2. The Balaban J connectivity index is 2.02. The van der Waals surface area contributed by atoms with Crippen LogP contribution in [0.15, 0.2) is 45.6 Å². The first-order chi connectivity index (χ1) is 11.1. The number of nitrogens with zero attached hydrogens (tertiary/aromatic N) is 1. The monoisotopic (exact) mass is 311 g/mol. The van der Waals surface area contributed by atoms with E-state index in [1.165, 1.54) is 4.57 Å². The van der Waals surface area contributed by atoms with Crippen LogP contribution in [0.3, 0.4) is 0 Å². The minimum absolute atomic E-state index is 0.369. The van der Waals surface area contributed by atoms with E-state index in [9.17, 15) is 4.79 Å². The van der Waals surface area contributed by atoms with Gasteiger partial charge < -0.3 is 13.9 Å². The molecule has 0 saturated heterocycles. The van der Waals surface area contributed by atoms with Crippen LogP contribution in [-0.2, 0) is 7.05 Å². The van der Waals surface area contributed by atoms with Crippen LogP contribution in [0.4, 0.5) is 0 Å². The number of rotatable bonds is 4. The summed E-state index contributed by atoms with van der Waals surface area (Å²) in [6.45, 7) is 0. The normalized spacial score (nSPS) is 11.3. The second kappa shape index (κ2) is 6.04. The van der Waals surface area contributed by atoms with Crippen molar-refractivity contribution >= 4 is 23.3 Å². The molecule has 0 N–H and O–H groups in total. The van der Waals surface area contributed by atoms with Gasteiger partial charge in [-0.2, -0.15) is 0 Å². The highest BCUT2D eigenvalue weighted by Gasteiger charge is 2.08. The largest absolute Gasteiger partial charge is 0.493 e. The van der Waals surface area contributed by atoms with Crippen molar-refractivity contribution in [2.24, 2.45) is 7.05 Å². The Morgan fingerprint density at radius 1 is 1.04 bits per heavy atom. The van der Waals surface area contributed by atoms with E-state index in [0.29, 0.717) is 17.1 Å². The molecule has 0 saturated carbocycles. The molecule has 0 atom stereocenters. The summed E-state index contributed by atoms with van der Waals surface area (Å²) in [7, 11) is 4.91. The fourth-order valence-electron chi connectivity index (χ4n) is 2.51. The fraction of sp³-hybridized carbons (Fsp3) is 0.167. The van der Waals surface area contributed by atoms with Crippen molar-refractivity contribution < 1.29 is 13.9 Å². The fourth-order valence-corrected chi connectivity index (χ4v) is 2.51. The Labute approximate surface area is 133 Å². The van der Waals surface area contributed by atoms with E-state index in [2.05, 4.69) is 0 Å². The third-order valence-electron chi connectivity index (χ3n) is 3.70. The summed E-state index contributed by atoms with van der Waals surface area (Å²) in [5.41, 5.74) is 3.22. The number of oxazole rings is 1. The number of aromatic nitrogens is 1. The van der Waals surface area contributed by atoms with Crippen LogP contribution in [0.1, 0.15) is 11.1 Å². The highest BCUT2D eigenvalue weighted by molar-refractivity contribution is 5.87. The van der Waals surface area contributed by atoms with Gasteiger partial charge in [0.25, 0.3) is 0 Å². The predicted octanol–water partition coefficient (Wildman–Crippen LogP) is 3.32. The Morgan fingerprint density at radius 2 is 1.83 bits per heavy atom. The average Bonchev–Trinajstić information content (AvgIpc) is 2.87. The van der Waals surface area contributed by atoms with Gasteiger partial charge in [-0.15, -0.1) is 0 Å². The zero-order chi connectivity index (χ0) is 16.4. The van der Waals surface area contributed by atoms with Crippen LogP contribution in [0.25, 0.3) is 23.3 Å². The quantitative estimate of drug-likeness (QED) is 0.694. The molecule has 0 aliphatic carbocycles. The van der Waals surface area contributed by atoms with Crippen LogP contribution in [0.5, 0.6) is 11.5 Å². The van der Waals surface area contributed by atoms with Crippen molar-refractivity contribution in [2.75, 3.05) is 14.2 Å². The molecule has 0 radical (unpaired) electrons. The van der Waals surface area contributed by atoms with Crippen molar-refractivity contribution in [1.82, 2.24) is 4.57 Å². The lowest BCUT2D eigenvalue weighted by Crippen LogP contribution is -2.08. The molecular weight excluding hydrogens is 294 g/mol. The Kier molecular flexibility index (Phi) is 3.93. The van der Waals surface area contributed by atoms with Crippen molar-refractivity contribution in [3.05, 3.63) is 58.1 Å². The molecular formula is C18H17NO4. The molecule has 0 aliphatic heterocycles. The van der Waals surface area contributed by atoms with Crippen molar-refractivity contribution in [3.63, 3.8) is 0 Å². The molecule has 5 nitrogen and oxygen atoms in total. The maximum atomic E-state index is 11.7. The van der Waals surface area contributed by atoms with Crippen molar-refractivity contribution in [1.29, 1.82) is 0 Å². The van der Waals surface area contributed by atoms with Gasteiger partial charge in [-0.3, -0.25) is 4.57 Å². The minimum atomic E-state index is -0.369. The molecule has 0 bridgehead atoms. The van der Waals surface area contributed by atoms with Crippen LogP contribution in [0, 0.1) is 0 Å². The standard InChI is InChI=1S/C18H17NO4/c1-19-17-13(5-4-6-15(17)23-18(19)20)9-7-12-8-10-14(21-2)16(11-12)22-3/h4-11H,1-3H3/b9-7+. The topological polar surface area (TPSA) is 53.6 Å². The number of para-hydroxylation sites is 1. The minimum Gasteiger partial charge on any atom is -0.493 e. The van der Waals surface area contributed by atoms with Crippen LogP contribution in [0.2, 0.25) is 0 Å². The summed E-state index contributed by atoms with van der Waals surface area (Å²) in [6, 6.07) is 11.3. The molecule has 0 aliphatic rings. The first-order valence-corrected chi connectivity index (χ1v) is 7.12. The van der Waals surface area contributed by atoms with Crippen LogP contribution < -0.4 is 15.2 Å². The molecule has 118 valence electrons. The van der Waals surface area contributed by atoms with E-state index in [4.69, 9.17) is 13.9 Å². The van der Waals surface area contributed by atoms with E-state index in [1.807, 2.05) is 42.5 Å². The number of benzene rings is 2. The third kappa shape index (κ3) is 2.73. The lowest BCUT2D eigenvalue weighted by atomic mass is 10.1. The number of aryl methyl sites for hydroxylation is 1. The van der Waals surface area contributed by atoms with Crippen molar-refractivity contribution in [3.8, 4) is 11.5 Å². The van der Waals surface area contributed by atoms with Gasteiger partial charge in [0.2, 0.25) is 0 Å². The van der Waals surface area contributed by atoms with Gasteiger partial charge in [0.1, 0.15) is 0 Å². The van der Waals surface area contributed by atoms with E-state index < -0.39 is 0 Å². The molecule has 1 heterocycles. The highest BCUT2D eigenvalue weighted by atomic mass is 16.5. The van der Waals surface area contributed by atoms with Crippen molar-refractivity contribution in [2.45, 2.75) is 0 Å². The van der Waals surface area contributed by atoms with Crippen LogP contribution >= 0.6 is 0 Å². The first kappa shape index (κ1) is 15.0. The smallest absolute Gasteiger partial charge is 0.419 e. The Bertz CT molecular complexity index is 934. The van der Waals surface area contributed by atoms with E-state index in [0.717, 1.165) is 16.6 Å². The molecule has 0 spiro atoms. The summed E-state index contributed by atoms with van der Waals surface area (Å²) in [5.74, 6) is 0.986. The Morgan fingerprint density at radius 3 is 2.57 bits per heavy atom. The molecule has 5 heteroatoms.